The number of nitrogens with one attached hydrogen (secondary N) is 2. The molecule has 0 saturated heterocycles. The van der Waals surface area contributed by atoms with Gasteiger partial charge in [-0.2, -0.15) is 0 Å². The van der Waals surface area contributed by atoms with Gasteiger partial charge >= 0.3 is 6.09 Å². The lowest BCUT2D eigenvalue weighted by atomic mass is 10.2. The number of H-pyrrole nitrogens is 1. The molecule has 1 heterocycles. The van der Waals surface area contributed by atoms with Gasteiger partial charge in [-0.05, 0) is 26.8 Å². The van der Waals surface area contributed by atoms with Crippen LogP contribution in [0.4, 0.5) is 4.79 Å². The topological polar surface area (TPSA) is 71.2 Å². The monoisotopic (exact) mass is 248 g/mol. The third-order valence-electron chi connectivity index (χ3n) is 1.73. The quantitative estimate of drug-likeness (QED) is 0.735. The maximum Gasteiger partial charge on any atom is 0.408 e. The van der Waals surface area contributed by atoms with Crippen molar-refractivity contribution in [2.75, 3.05) is 6.54 Å². The molecule has 1 rings (SSSR count). The SMILES string of the molecule is CC(C)(C)OC(=O)NCC#Cc1cc[nH]c(=O)c1. The van der Waals surface area contributed by atoms with E-state index in [-0.39, 0.29) is 12.1 Å². The first-order valence-corrected chi connectivity index (χ1v) is 5.51. The van der Waals surface area contributed by atoms with Crippen molar-refractivity contribution in [1.29, 1.82) is 0 Å². The van der Waals surface area contributed by atoms with Crippen molar-refractivity contribution in [3.05, 3.63) is 34.2 Å². The van der Waals surface area contributed by atoms with Crippen LogP contribution < -0.4 is 10.9 Å². The molecule has 0 aliphatic rings. The summed E-state index contributed by atoms with van der Waals surface area (Å²) < 4.78 is 5.04. The highest BCUT2D eigenvalue weighted by molar-refractivity contribution is 5.68. The van der Waals surface area contributed by atoms with Crippen LogP contribution in [0, 0.1) is 11.8 Å². The summed E-state index contributed by atoms with van der Waals surface area (Å²) in [6.45, 7) is 5.53. The second-order valence-corrected chi connectivity index (χ2v) is 4.60. The molecule has 2 N–H and O–H groups in total. The molecule has 0 atom stereocenters. The number of alkyl carbamates (subject to hydrolysis) is 1. The lowest BCUT2D eigenvalue weighted by Crippen LogP contribution is -2.32. The number of aromatic nitrogens is 1. The van der Waals surface area contributed by atoms with Crippen LogP contribution in [0.2, 0.25) is 0 Å². The third kappa shape index (κ3) is 5.75. The molecule has 0 fully saturated rings. The number of rotatable bonds is 1. The van der Waals surface area contributed by atoms with Crippen LogP contribution in [0.1, 0.15) is 26.3 Å². The molecule has 1 aromatic rings. The molecule has 0 saturated carbocycles. The molecular weight excluding hydrogens is 232 g/mol. The van der Waals surface area contributed by atoms with Gasteiger partial charge in [0, 0.05) is 17.8 Å². The van der Waals surface area contributed by atoms with E-state index in [0.717, 1.165) is 0 Å². The van der Waals surface area contributed by atoms with E-state index >= 15 is 0 Å². The summed E-state index contributed by atoms with van der Waals surface area (Å²) in [6, 6.07) is 3.07. The lowest BCUT2D eigenvalue weighted by molar-refractivity contribution is 0.0535. The minimum Gasteiger partial charge on any atom is -0.444 e. The van der Waals surface area contributed by atoms with Gasteiger partial charge < -0.3 is 15.0 Å². The second kappa shape index (κ2) is 5.92. The Kier molecular flexibility index (Phi) is 4.55. The van der Waals surface area contributed by atoms with E-state index in [9.17, 15) is 9.59 Å². The van der Waals surface area contributed by atoms with Crippen molar-refractivity contribution in [3.8, 4) is 11.8 Å². The Balaban J connectivity index is 2.43. The largest absolute Gasteiger partial charge is 0.444 e. The molecule has 0 bridgehead atoms. The highest BCUT2D eigenvalue weighted by atomic mass is 16.6. The molecule has 0 aromatic carbocycles. The lowest BCUT2D eigenvalue weighted by Gasteiger charge is -2.18. The molecule has 0 radical (unpaired) electrons. The molecule has 18 heavy (non-hydrogen) atoms. The van der Waals surface area contributed by atoms with Gasteiger partial charge in [0.25, 0.3) is 0 Å². The van der Waals surface area contributed by atoms with Crippen molar-refractivity contribution < 1.29 is 9.53 Å². The second-order valence-electron chi connectivity index (χ2n) is 4.60. The first-order chi connectivity index (χ1) is 8.37. The van der Waals surface area contributed by atoms with E-state index in [0.29, 0.717) is 5.56 Å². The highest BCUT2D eigenvalue weighted by Gasteiger charge is 2.14. The van der Waals surface area contributed by atoms with Gasteiger partial charge in [-0.15, -0.1) is 0 Å². The number of ether oxygens (including phenoxy) is 1. The highest BCUT2D eigenvalue weighted by Crippen LogP contribution is 2.05. The average Bonchev–Trinajstić information content (AvgIpc) is 2.22. The number of amides is 1. The van der Waals surface area contributed by atoms with Crippen molar-refractivity contribution in [1.82, 2.24) is 10.3 Å². The van der Waals surface area contributed by atoms with Gasteiger partial charge in [0.1, 0.15) is 5.60 Å². The molecule has 1 amide bonds. The van der Waals surface area contributed by atoms with Gasteiger partial charge in [-0.25, -0.2) is 4.79 Å². The summed E-state index contributed by atoms with van der Waals surface area (Å²) >= 11 is 0. The number of carbonyl (C=O) groups excluding carboxylic acids is 1. The number of carbonyl (C=O) groups is 1. The molecule has 96 valence electrons. The summed E-state index contributed by atoms with van der Waals surface area (Å²) in [5, 5.41) is 2.50. The van der Waals surface area contributed by atoms with Crippen molar-refractivity contribution in [2.24, 2.45) is 0 Å². The van der Waals surface area contributed by atoms with Crippen LogP contribution in [-0.2, 0) is 4.74 Å². The van der Waals surface area contributed by atoms with Gasteiger partial charge in [-0.3, -0.25) is 4.79 Å². The zero-order chi connectivity index (χ0) is 13.6. The van der Waals surface area contributed by atoms with E-state index in [1.54, 1.807) is 26.8 Å². The van der Waals surface area contributed by atoms with Gasteiger partial charge in [0.2, 0.25) is 5.56 Å². The minimum atomic E-state index is -0.524. The van der Waals surface area contributed by atoms with Crippen LogP contribution in [0.3, 0.4) is 0 Å². The van der Waals surface area contributed by atoms with Crippen LogP contribution in [0.5, 0.6) is 0 Å². The Bertz CT molecular complexity index is 529. The van der Waals surface area contributed by atoms with E-state index < -0.39 is 11.7 Å². The normalized spacial score (nSPS) is 10.2. The molecule has 1 aromatic heterocycles. The molecule has 5 nitrogen and oxygen atoms in total. The maximum absolute atomic E-state index is 11.3. The standard InChI is InChI=1S/C13H16N2O3/c1-13(2,3)18-12(17)15-7-4-5-10-6-8-14-11(16)9-10/h6,8-9H,7H2,1-3H3,(H,14,16)(H,15,17). The first kappa shape index (κ1) is 13.8. The Morgan fingerprint density at radius 1 is 1.50 bits per heavy atom. The fourth-order valence-electron chi connectivity index (χ4n) is 1.10. The van der Waals surface area contributed by atoms with Gasteiger partial charge in [0.05, 0.1) is 6.54 Å². The summed E-state index contributed by atoms with van der Waals surface area (Å²) in [5.41, 5.74) is -0.129. The first-order valence-electron chi connectivity index (χ1n) is 5.51. The molecule has 0 aliphatic carbocycles. The minimum absolute atomic E-state index is 0.168. The predicted molar refractivity (Wildman–Crippen MR) is 68.2 cm³/mol. The number of pyridine rings is 1. The fraction of sp³-hybridized carbons (Fsp3) is 0.385. The Hall–Kier alpha value is -2.22. The summed E-state index contributed by atoms with van der Waals surface area (Å²) in [4.78, 5) is 24.7. The smallest absolute Gasteiger partial charge is 0.408 e. The Labute approximate surface area is 106 Å². The average molecular weight is 248 g/mol. The molecular formula is C13H16N2O3. The fourth-order valence-corrected chi connectivity index (χ4v) is 1.10. The zero-order valence-electron chi connectivity index (χ0n) is 10.7. The van der Waals surface area contributed by atoms with Crippen molar-refractivity contribution >= 4 is 6.09 Å². The van der Waals surface area contributed by atoms with Crippen LogP contribution in [0.25, 0.3) is 0 Å². The number of hydrogen-bond donors (Lipinski definition) is 2. The Morgan fingerprint density at radius 2 is 2.22 bits per heavy atom. The third-order valence-corrected chi connectivity index (χ3v) is 1.73. The number of aromatic amines is 1. The number of hydrogen-bond acceptors (Lipinski definition) is 3. The van der Waals surface area contributed by atoms with Crippen LogP contribution in [0.15, 0.2) is 23.1 Å². The summed E-state index contributed by atoms with van der Waals surface area (Å²) in [5.74, 6) is 5.49. The van der Waals surface area contributed by atoms with E-state index in [2.05, 4.69) is 22.1 Å². The maximum atomic E-state index is 11.3. The zero-order valence-corrected chi connectivity index (χ0v) is 10.7. The van der Waals surface area contributed by atoms with Gasteiger partial charge in [0.15, 0.2) is 0 Å². The van der Waals surface area contributed by atoms with Gasteiger partial charge in [-0.1, -0.05) is 11.8 Å². The van der Waals surface area contributed by atoms with Crippen molar-refractivity contribution in [2.45, 2.75) is 26.4 Å². The van der Waals surface area contributed by atoms with E-state index in [4.69, 9.17) is 4.74 Å². The summed E-state index contributed by atoms with van der Waals surface area (Å²) in [6.07, 6.45) is 1.01. The molecule has 0 aliphatic heterocycles. The molecule has 0 unspecified atom stereocenters. The predicted octanol–water partition coefficient (Wildman–Crippen LogP) is 1.25. The van der Waals surface area contributed by atoms with Crippen LogP contribution in [-0.4, -0.2) is 23.2 Å². The Morgan fingerprint density at radius 3 is 2.83 bits per heavy atom. The van der Waals surface area contributed by atoms with Crippen LogP contribution >= 0.6 is 0 Å². The molecule has 5 heteroatoms. The van der Waals surface area contributed by atoms with E-state index in [1.807, 2.05) is 0 Å². The van der Waals surface area contributed by atoms with E-state index in [1.165, 1.54) is 12.3 Å². The van der Waals surface area contributed by atoms with Crippen molar-refractivity contribution in [3.63, 3.8) is 0 Å². The summed E-state index contributed by atoms with van der Waals surface area (Å²) in [7, 11) is 0. The molecule has 0 spiro atoms.